The Kier molecular flexibility index (Phi) is 46.6. The maximum Gasteiger partial charge on any atom is 4.00 e. The van der Waals surface area contributed by atoms with Crippen LogP contribution in [0.4, 0.5) is 0 Å². The van der Waals surface area contributed by atoms with Crippen molar-refractivity contribution in [3.8, 4) is 0 Å². The van der Waals surface area contributed by atoms with Crippen LogP contribution in [0.2, 0.25) is 0 Å². The molecule has 1 N–H and O–H groups in total. The summed E-state index contributed by atoms with van der Waals surface area (Å²) in [6.07, 6.45) is 0. The minimum Gasteiger partial charge on any atom is -0.674 e. The average Bonchev–Trinajstić information content (AvgIpc) is 0.952. The van der Waals surface area contributed by atoms with Gasteiger partial charge in [0, 0.05) is 45.8 Å². The van der Waals surface area contributed by atoms with Crippen molar-refractivity contribution in [2.24, 2.45) is 4.99 Å². The number of hydrogen-bond donors (Lipinski definition) is 1. The van der Waals surface area contributed by atoms with Crippen LogP contribution in [0.1, 0.15) is 94.3 Å². The molecule has 0 fully saturated rings. The zero-order valence-electron chi connectivity index (χ0n) is 57.4. The monoisotopic (exact) mass is 1620 g/mol. The number of nitrogens with one attached hydrogen (secondary N) is 1. The first-order valence-corrected chi connectivity index (χ1v) is 34.1. The molecule has 490 valence electrons. The molecule has 0 aliphatic carbocycles. The molecule has 0 saturated heterocycles. The molecule has 11 aromatic carbocycles. The molecule has 4 nitrogen and oxygen atoms in total. The SMILES string of the molecule is CCN=C(NC(C)(C)C)P(c1ccccc1)c1ccccc1.CC[N-]C([N-]C(C)(C)C)P(c1ccccc1)c1ccccc1.[CH2-]c1ccccc1.[CH2-]c1ccccc1.[CH2-]c1ccccc1.[CH2-]c1ccccc1.[CH2-]c1ccccc1.[CH2-]c1ccccc1.[CH2-]c1ccccc1.[Hf+4].[Hf]. The van der Waals surface area contributed by atoms with E-state index in [1.807, 2.05) is 212 Å². The third kappa shape index (κ3) is 42.5. The molecule has 0 aromatic heterocycles. The largest absolute Gasteiger partial charge is 4.00 e. The van der Waals surface area contributed by atoms with E-state index in [4.69, 9.17) is 15.6 Å². The Bertz CT molecular complexity index is 3060. The summed E-state index contributed by atoms with van der Waals surface area (Å²) in [6, 6.07) is 112. The third-order valence-electron chi connectivity index (χ3n) is 12.1. The molecule has 0 heterocycles. The molecule has 0 aliphatic heterocycles. The quantitative estimate of drug-likeness (QED) is 0.0479. The van der Waals surface area contributed by atoms with E-state index < -0.39 is 15.8 Å². The summed E-state index contributed by atoms with van der Waals surface area (Å²) in [4.78, 5) is 4.80. The molecular weight excluding hydrogens is 1520 g/mol. The molecular formula is C87H99Hf2N4P2-5. The van der Waals surface area contributed by atoms with Crippen LogP contribution in [-0.2, 0) is 51.7 Å². The van der Waals surface area contributed by atoms with E-state index >= 15 is 0 Å². The van der Waals surface area contributed by atoms with Crippen LogP contribution in [0.3, 0.4) is 0 Å². The molecule has 0 amide bonds. The summed E-state index contributed by atoms with van der Waals surface area (Å²) in [5.74, 6) is 0.00444. The van der Waals surface area contributed by atoms with Crippen molar-refractivity contribution in [1.29, 1.82) is 0 Å². The Labute approximate surface area is 616 Å². The Morgan fingerprint density at radius 2 is 0.547 bits per heavy atom. The maximum atomic E-state index is 5.01. The summed E-state index contributed by atoms with van der Waals surface area (Å²) in [5, 5.41) is 18.8. The maximum absolute atomic E-state index is 5.01. The number of hydrogen-bond acceptors (Lipinski definition) is 1. The van der Waals surface area contributed by atoms with Crippen LogP contribution in [0.15, 0.2) is 339 Å². The summed E-state index contributed by atoms with van der Waals surface area (Å²) in [7, 11) is -1.26. The van der Waals surface area contributed by atoms with Gasteiger partial charge in [-0.2, -0.15) is 179 Å². The predicted molar refractivity (Wildman–Crippen MR) is 416 cm³/mol. The van der Waals surface area contributed by atoms with Crippen LogP contribution in [-0.4, -0.2) is 35.7 Å². The van der Waals surface area contributed by atoms with E-state index in [1.54, 1.807) is 0 Å². The number of benzene rings is 11. The first-order valence-electron chi connectivity index (χ1n) is 31.4. The van der Waals surface area contributed by atoms with Gasteiger partial charge in [0.25, 0.3) is 0 Å². The summed E-state index contributed by atoms with van der Waals surface area (Å²) < 4.78 is 0. The third-order valence-corrected chi connectivity index (χ3v) is 16.8. The fourth-order valence-corrected chi connectivity index (χ4v) is 12.9. The van der Waals surface area contributed by atoms with Crippen molar-refractivity contribution < 1.29 is 51.7 Å². The van der Waals surface area contributed by atoms with E-state index in [-0.39, 0.29) is 68.7 Å². The standard InChI is InChI=1S/2C19H25N2P.7C7H7.2Hf/c2*1-5-20-18(21-19(2,3)4)22(16-12-8-6-9-13-16)17-14-10-7-11-15-17;7*1-7-5-3-2-4-6-7;;/h6-15H,5H2,1-4H3,(H,20,21);6-15,18H,5H2,1-4H3;7*2-6H,1H2;;/q;-2;7*-1;;+4. The molecule has 0 saturated carbocycles. The number of amidine groups is 1. The van der Waals surface area contributed by atoms with Crippen molar-refractivity contribution in [3.05, 3.63) is 432 Å². The van der Waals surface area contributed by atoms with E-state index in [0.717, 1.165) is 57.6 Å². The van der Waals surface area contributed by atoms with Gasteiger partial charge in [-0.05, 0) is 48.9 Å². The van der Waals surface area contributed by atoms with Gasteiger partial charge in [-0.1, -0.05) is 199 Å². The molecule has 1 atom stereocenters. The second-order valence-corrected chi connectivity index (χ2v) is 27.1. The topological polar surface area (TPSA) is 52.6 Å². The summed E-state index contributed by atoms with van der Waals surface area (Å²) in [6.45, 7) is 44.8. The Balaban J connectivity index is 0.000000564. The molecule has 0 spiro atoms. The van der Waals surface area contributed by atoms with Crippen molar-refractivity contribution in [1.82, 2.24) is 5.32 Å². The number of nitrogens with zero attached hydrogens (tertiary/aromatic N) is 3. The fourth-order valence-electron chi connectivity index (χ4n) is 7.83. The smallest absolute Gasteiger partial charge is 0.674 e. The zero-order chi connectivity index (χ0) is 67.8. The predicted octanol–water partition coefficient (Wildman–Crippen LogP) is 21.9. The van der Waals surface area contributed by atoms with Gasteiger partial charge >= 0.3 is 25.8 Å². The first-order chi connectivity index (χ1) is 44.8. The van der Waals surface area contributed by atoms with Crippen molar-refractivity contribution in [2.45, 2.75) is 72.4 Å². The number of rotatable bonds is 10. The van der Waals surface area contributed by atoms with E-state index in [2.05, 4.69) is 231 Å². The van der Waals surface area contributed by atoms with Crippen molar-refractivity contribution in [3.63, 3.8) is 0 Å². The van der Waals surface area contributed by atoms with Crippen LogP contribution < -0.4 is 26.5 Å². The second kappa shape index (κ2) is 51.8. The van der Waals surface area contributed by atoms with Gasteiger partial charge in [0.05, 0.1) is 0 Å². The molecule has 8 heteroatoms. The Hall–Kier alpha value is -7.50. The molecule has 95 heavy (non-hydrogen) atoms. The van der Waals surface area contributed by atoms with Gasteiger partial charge in [0.1, 0.15) is 5.58 Å². The van der Waals surface area contributed by atoms with E-state index in [0.29, 0.717) is 0 Å². The van der Waals surface area contributed by atoms with Gasteiger partial charge in [-0.25, -0.2) is 5.91 Å². The van der Waals surface area contributed by atoms with Crippen LogP contribution in [0.5, 0.6) is 0 Å². The normalized spacial score (nSPS) is 10.4. The van der Waals surface area contributed by atoms with Crippen LogP contribution in [0.25, 0.3) is 10.6 Å². The van der Waals surface area contributed by atoms with Crippen LogP contribution >= 0.6 is 15.8 Å². The Morgan fingerprint density at radius 1 is 0.347 bits per heavy atom. The average molecular weight is 1620 g/mol. The minimum absolute atomic E-state index is 0. The van der Waals surface area contributed by atoms with Crippen molar-refractivity contribution >= 4 is 42.6 Å². The minimum atomic E-state index is -0.646. The fraction of sp³-hybridized carbons (Fsp3) is 0.149. The van der Waals surface area contributed by atoms with Crippen molar-refractivity contribution in [2.75, 3.05) is 13.1 Å². The van der Waals surface area contributed by atoms with Gasteiger partial charge in [-0.3, -0.25) is 4.99 Å². The van der Waals surface area contributed by atoms with Gasteiger partial charge in [-0.15, -0.1) is 90.5 Å². The molecule has 0 radical (unpaired) electrons. The van der Waals surface area contributed by atoms with E-state index in [1.165, 1.54) is 21.2 Å². The van der Waals surface area contributed by atoms with Gasteiger partial charge in [0.15, 0.2) is 0 Å². The molecule has 1 unspecified atom stereocenters. The zero-order valence-corrected chi connectivity index (χ0v) is 66.4. The molecule has 11 aromatic rings. The first kappa shape index (κ1) is 85.5. The second-order valence-electron chi connectivity index (χ2n) is 22.8. The van der Waals surface area contributed by atoms with Crippen LogP contribution in [0, 0.1) is 48.5 Å². The molecule has 0 aliphatic rings. The molecule has 0 bridgehead atoms. The summed E-state index contributed by atoms with van der Waals surface area (Å²) >= 11 is 0. The molecule has 11 rings (SSSR count). The Morgan fingerprint density at radius 3 is 0.705 bits per heavy atom. The van der Waals surface area contributed by atoms with Gasteiger partial charge < -0.3 is 16.0 Å². The van der Waals surface area contributed by atoms with Gasteiger partial charge in [0.2, 0.25) is 0 Å². The number of aliphatic imine (C=N–C) groups is 1. The van der Waals surface area contributed by atoms with E-state index in [9.17, 15) is 0 Å². The summed E-state index contributed by atoms with van der Waals surface area (Å²) in [5.41, 5.74) is 8.51.